The van der Waals surface area contributed by atoms with Crippen molar-refractivity contribution in [3.63, 3.8) is 0 Å². The molecule has 6 nitrogen and oxygen atoms in total. The molecule has 146 valence electrons. The average molecular weight is 380 g/mol. The van der Waals surface area contributed by atoms with E-state index in [1.807, 2.05) is 6.07 Å². The van der Waals surface area contributed by atoms with Crippen molar-refractivity contribution in [2.75, 3.05) is 26.1 Å². The quantitative estimate of drug-likeness (QED) is 0.727. The number of hydrogen-bond donors (Lipinski definition) is 2. The van der Waals surface area contributed by atoms with Crippen LogP contribution in [0.5, 0.6) is 17.2 Å². The van der Waals surface area contributed by atoms with E-state index < -0.39 is 19.1 Å². The van der Waals surface area contributed by atoms with Crippen molar-refractivity contribution in [1.29, 1.82) is 0 Å². The van der Waals surface area contributed by atoms with E-state index in [0.29, 0.717) is 28.5 Å². The second-order valence-corrected chi connectivity index (χ2v) is 5.68. The van der Waals surface area contributed by atoms with E-state index in [-0.39, 0.29) is 6.54 Å². The molecular formula is C19H22F2N2O4. The molecule has 0 bridgehead atoms. The second kappa shape index (κ2) is 9.61. The number of methoxy groups -OCH3 is 2. The van der Waals surface area contributed by atoms with Gasteiger partial charge in [0.05, 0.1) is 14.2 Å². The third kappa shape index (κ3) is 6.02. The summed E-state index contributed by atoms with van der Waals surface area (Å²) in [7, 11) is 3.08. The van der Waals surface area contributed by atoms with Gasteiger partial charge >= 0.3 is 6.03 Å². The van der Waals surface area contributed by atoms with Crippen LogP contribution < -0.4 is 24.8 Å². The van der Waals surface area contributed by atoms with Gasteiger partial charge in [0.1, 0.15) is 12.4 Å². The van der Waals surface area contributed by atoms with Crippen molar-refractivity contribution >= 4 is 11.7 Å². The van der Waals surface area contributed by atoms with E-state index in [2.05, 4.69) is 10.6 Å². The third-order valence-electron chi connectivity index (χ3n) is 3.71. The lowest BCUT2D eigenvalue weighted by molar-refractivity contribution is 0.0816. The highest BCUT2D eigenvalue weighted by atomic mass is 19.3. The van der Waals surface area contributed by atoms with Crippen LogP contribution in [0.3, 0.4) is 0 Å². The smallest absolute Gasteiger partial charge is 0.319 e. The molecule has 2 rings (SSSR count). The molecular weight excluding hydrogens is 358 g/mol. The minimum Gasteiger partial charge on any atom is -0.493 e. The fraction of sp³-hybridized carbons (Fsp3) is 0.316. The number of carbonyl (C=O) groups is 1. The number of aryl methyl sites for hydroxylation is 1. The monoisotopic (exact) mass is 380 g/mol. The SMILES string of the molecule is COc1ccc(CNC(=O)Nc2ccc(C)c(OCC(F)F)c2)cc1OC. The number of nitrogens with one attached hydrogen (secondary N) is 2. The highest BCUT2D eigenvalue weighted by molar-refractivity contribution is 5.89. The molecule has 0 atom stereocenters. The minimum absolute atomic E-state index is 0.271. The van der Waals surface area contributed by atoms with Crippen molar-refractivity contribution in [3.8, 4) is 17.2 Å². The van der Waals surface area contributed by atoms with Crippen LogP contribution in [0.25, 0.3) is 0 Å². The van der Waals surface area contributed by atoms with Crippen molar-refractivity contribution in [2.24, 2.45) is 0 Å². The van der Waals surface area contributed by atoms with Gasteiger partial charge in [-0.15, -0.1) is 0 Å². The van der Waals surface area contributed by atoms with Crippen molar-refractivity contribution in [3.05, 3.63) is 47.5 Å². The zero-order valence-electron chi connectivity index (χ0n) is 15.3. The first-order chi connectivity index (χ1) is 12.9. The Labute approximate surface area is 156 Å². The van der Waals surface area contributed by atoms with Gasteiger partial charge in [-0.1, -0.05) is 12.1 Å². The van der Waals surface area contributed by atoms with Crippen LogP contribution in [0.4, 0.5) is 19.3 Å². The first-order valence-electron chi connectivity index (χ1n) is 8.20. The predicted molar refractivity (Wildman–Crippen MR) is 98.1 cm³/mol. The first kappa shape index (κ1) is 20.3. The van der Waals surface area contributed by atoms with E-state index in [9.17, 15) is 13.6 Å². The van der Waals surface area contributed by atoms with Gasteiger partial charge in [0.25, 0.3) is 6.43 Å². The van der Waals surface area contributed by atoms with Crippen LogP contribution in [0.15, 0.2) is 36.4 Å². The van der Waals surface area contributed by atoms with Gasteiger partial charge in [-0.25, -0.2) is 13.6 Å². The molecule has 0 aliphatic heterocycles. The molecule has 0 aliphatic rings. The molecule has 0 unspecified atom stereocenters. The summed E-state index contributed by atoms with van der Waals surface area (Å²) >= 11 is 0. The molecule has 0 radical (unpaired) electrons. The predicted octanol–water partition coefficient (Wildman–Crippen LogP) is 3.98. The maximum atomic E-state index is 12.3. The Morgan fingerprint density at radius 2 is 1.78 bits per heavy atom. The van der Waals surface area contributed by atoms with Crippen molar-refractivity contribution in [2.45, 2.75) is 19.9 Å². The number of anilines is 1. The Bertz CT molecular complexity index is 784. The summed E-state index contributed by atoms with van der Waals surface area (Å²) in [5.41, 5.74) is 1.97. The van der Waals surface area contributed by atoms with E-state index >= 15 is 0 Å². The van der Waals surface area contributed by atoms with Gasteiger partial charge in [-0.2, -0.15) is 0 Å². The van der Waals surface area contributed by atoms with Gasteiger partial charge < -0.3 is 24.8 Å². The van der Waals surface area contributed by atoms with Gasteiger partial charge in [0.15, 0.2) is 11.5 Å². The number of urea groups is 1. The lowest BCUT2D eigenvalue weighted by Crippen LogP contribution is -2.28. The molecule has 0 saturated carbocycles. The molecule has 0 aliphatic carbocycles. The van der Waals surface area contributed by atoms with E-state index in [4.69, 9.17) is 14.2 Å². The van der Waals surface area contributed by atoms with Crippen molar-refractivity contribution < 1.29 is 27.8 Å². The minimum atomic E-state index is -2.56. The van der Waals surface area contributed by atoms with E-state index in [0.717, 1.165) is 5.56 Å². The molecule has 0 saturated heterocycles. The topological polar surface area (TPSA) is 68.8 Å². The molecule has 2 aromatic carbocycles. The summed E-state index contributed by atoms with van der Waals surface area (Å²) < 4.78 is 40.0. The van der Waals surface area contributed by atoms with Gasteiger partial charge in [-0.3, -0.25) is 0 Å². The number of amides is 2. The van der Waals surface area contributed by atoms with Crippen LogP contribution in [0.1, 0.15) is 11.1 Å². The normalized spacial score (nSPS) is 10.4. The summed E-state index contributed by atoms with van der Waals surface area (Å²) in [6, 6.07) is 9.75. The highest BCUT2D eigenvalue weighted by Crippen LogP contribution is 2.27. The van der Waals surface area contributed by atoms with Gasteiger partial charge in [-0.05, 0) is 36.2 Å². The fourth-order valence-corrected chi connectivity index (χ4v) is 2.33. The molecule has 0 heterocycles. The summed E-state index contributed by atoms with van der Waals surface area (Å²) in [5, 5.41) is 5.36. The molecule has 0 spiro atoms. The Morgan fingerprint density at radius 3 is 2.44 bits per heavy atom. The van der Waals surface area contributed by atoms with Crippen LogP contribution in [0.2, 0.25) is 0 Å². The zero-order valence-corrected chi connectivity index (χ0v) is 15.3. The van der Waals surface area contributed by atoms with Crippen LogP contribution >= 0.6 is 0 Å². The maximum absolute atomic E-state index is 12.3. The summed E-state index contributed by atoms with van der Waals surface area (Å²) in [6.07, 6.45) is -2.56. The summed E-state index contributed by atoms with van der Waals surface area (Å²) in [4.78, 5) is 12.1. The Hall–Kier alpha value is -3.03. The molecule has 2 aromatic rings. The summed E-state index contributed by atoms with van der Waals surface area (Å²) in [6.45, 7) is 1.31. The van der Waals surface area contributed by atoms with E-state index in [1.54, 1.807) is 38.3 Å². The maximum Gasteiger partial charge on any atom is 0.319 e. The number of benzene rings is 2. The number of rotatable bonds is 8. The standard InChI is InChI=1S/C19H22F2N2O4/c1-12-4-6-14(9-16(12)27-11-18(20)21)23-19(24)22-10-13-5-7-15(25-2)17(8-13)26-3/h4-9,18H,10-11H2,1-3H3,(H2,22,23,24). The molecule has 0 fully saturated rings. The average Bonchev–Trinajstić information content (AvgIpc) is 2.66. The molecule has 2 N–H and O–H groups in total. The fourth-order valence-electron chi connectivity index (χ4n) is 2.33. The lowest BCUT2D eigenvalue weighted by Gasteiger charge is -2.13. The number of hydrogen-bond acceptors (Lipinski definition) is 4. The Kier molecular flexibility index (Phi) is 7.22. The molecule has 27 heavy (non-hydrogen) atoms. The molecule has 2 amide bonds. The van der Waals surface area contributed by atoms with E-state index in [1.165, 1.54) is 13.2 Å². The number of alkyl halides is 2. The first-order valence-corrected chi connectivity index (χ1v) is 8.20. The van der Waals surface area contributed by atoms with Gasteiger partial charge in [0.2, 0.25) is 0 Å². The number of carbonyl (C=O) groups excluding carboxylic acids is 1. The van der Waals surface area contributed by atoms with Crippen molar-refractivity contribution in [1.82, 2.24) is 5.32 Å². The Morgan fingerprint density at radius 1 is 1.04 bits per heavy atom. The molecule has 8 heteroatoms. The molecule has 0 aromatic heterocycles. The summed E-state index contributed by atoms with van der Waals surface area (Å²) in [5.74, 6) is 1.46. The zero-order chi connectivity index (χ0) is 19.8. The lowest BCUT2D eigenvalue weighted by atomic mass is 10.2. The second-order valence-electron chi connectivity index (χ2n) is 5.68. The highest BCUT2D eigenvalue weighted by Gasteiger charge is 2.09. The largest absolute Gasteiger partial charge is 0.493 e. The number of ether oxygens (including phenoxy) is 3. The van der Waals surface area contributed by atoms with Crippen LogP contribution in [0, 0.1) is 6.92 Å². The Balaban J connectivity index is 1.95. The van der Waals surface area contributed by atoms with Crippen LogP contribution in [-0.4, -0.2) is 33.3 Å². The van der Waals surface area contributed by atoms with Gasteiger partial charge in [0, 0.05) is 18.3 Å². The number of halogens is 2. The third-order valence-corrected chi connectivity index (χ3v) is 3.71. The van der Waals surface area contributed by atoms with Crippen LogP contribution in [-0.2, 0) is 6.54 Å².